The molecule has 0 radical (unpaired) electrons. The minimum Gasteiger partial charge on any atom is -0.485 e. The smallest absolute Gasteiger partial charge is 0.130 e. The summed E-state index contributed by atoms with van der Waals surface area (Å²) in [4.78, 5) is 0. The van der Waals surface area contributed by atoms with Crippen LogP contribution in [0.1, 0.15) is 29.8 Å². The fourth-order valence-corrected chi connectivity index (χ4v) is 2.53. The molecule has 0 aliphatic carbocycles. The van der Waals surface area contributed by atoms with Gasteiger partial charge in [-0.05, 0) is 24.3 Å². The number of rotatable bonds is 1. The Morgan fingerprint density at radius 2 is 1.95 bits per heavy atom. The number of ether oxygens (including phenoxy) is 1. The van der Waals surface area contributed by atoms with Gasteiger partial charge in [-0.25, -0.2) is 4.39 Å². The standard InChI is InChI=1S/C15H12ClFO2/c16-9-5-6-14-11(7-9)13(18)8-15(19-14)10-3-1-2-4-12(10)17/h1-7,13,15,18H,8H2/t13-,15?/m0/s1. The molecule has 1 aliphatic rings. The third-order valence-electron chi connectivity index (χ3n) is 3.29. The van der Waals surface area contributed by atoms with Crippen molar-refractivity contribution in [3.05, 3.63) is 64.4 Å². The Kier molecular flexibility index (Phi) is 3.17. The summed E-state index contributed by atoms with van der Waals surface area (Å²) in [6, 6.07) is 11.5. The summed E-state index contributed by atoms with van der Waals surface area (Å²) in [7, 11) is 0. The first-order valence-corrected chi connectivity index (χ1v) is 6.41. The average Bonchev–Trinajstić information content (AvgIpc) is 2.40. The molecule has 2 atom stereocenters. The lowest BCUT2D eigenvalue weighted by Crippen LogP contribution is -2.19. The van der Waals surface area contributed by atoms with Crippen molar-refractivity contribution in [2.24, 2.45) is 0 Å². The summed E-state index contributed by atoms with van der Waals surface area (Å²) in [5.41, 5.74) is 1.11. The molecule has 0 bridgehead atoms. The van der Waals surface area contributed by atoms with Gasteiger partial charge in [0.05, 0.1) is 6.10 Å². The molecule has 2 nitrogen and oxygen atoms in total. The van der Waals surface area contributed by atoms with Gasteiger partial charge >= 0.3 is 0 Å². The fourth-order valence-electron chi connectivity index (χ4n) is 2.34. The Hall–Kier alpha value is -1.58. The van der Waals surface area contributed by atoms with E-state index in [1.807, 2.05) is 0 Å². The Bertz CT molecular complexity index is 615. The zero-order valence-electron chi connectivity index (χ0n) is 10.0. The van der Waals surface area contributed by atoms with Crippen molar-refractivity contribution < 1.29 is 14.2 Å². The lowest BCUT2D eigenvalue weighted by Gasteiger charge is -2.30. The average molecular weight is 279 g/mol. The Labute approximate surface area is 115 Å². The Balaban J connectivity index is 1.97. The van der Waals surface area contributed by atoms with Crippen LogP contribution in [0, 0.1) is 5.82 Å². The van der Waals surface area contributed by atoms with Crippen LogP contribution in [0.25, 0.3) is 0 Å². The van der Waals surface area contributed by atoms with E-state index < -0.39 is 12.2 Å². The highest BCUT2D eigenvalue weighted by atomic mass is 35.5. The molecule has 0 saturated carbocycles. The molecule has 1 unspecified atom stereocenters. The minimum atomic E-state index is -0.702. The molecular formula is C15H12ClFO2. The van der Waals surface area contributed by atoms with E-state index in [1.165, 1.54) is 6.07 Å². The highest BCUT2D eigenvalue weighted by molar-refractivity contribution is 6.30. The van der Waals surface area contributed by atoms with Crippen LogP contribution in [0.5, 0.6) is 5.75 Å². The molecule has 1 N–H and O–H groups in total. The number of fused-ring (bicyclic) bond motifs is 1. The SMILES string of the molecule is O[C@H]1CC(c2ccccc2F)Oc2ccc(Cl)cc21. The first-order valence-electron chi connectivity index (χ1n) is 6.04. The molecule has 2 aromatic rings. The molecule has 0 saturated heterocycles. The molecule has 1 heterocycles. The summed E-state index contributed by atoms with van der Waals surface area (Å²) in [5, 5.41) is 10.7. The maximum Gasteiger partial charge on any atom is 0.130 e. The van der Waals surface area contributed by atoms with Crippen molar-refractivity contribution in [3.63, 3.8) is 0 Å². The Morgan fingerprint density at radius 3 is 2.74 bits per heavy atom. The summed E-state index contributed by atoms with van der Waals surface area (Å²) in [6.07, 6.45) is -0.870. The van der Waals surface area contributed by atoms with Crippen molar-refractivity contribution >= 4 is 11.6 Å². The van der Waals surface area contributed by atoms with Gasteiger partial charge in [0.1, 0.15) is 17.7 Å². The number of halogens is 2. The largest absolute Gasteiger partial charge is 0.485 e. The number of aliphatic hydroxyl groups excluding tert-OH is 1. The van der Waals surface area contributed by atoms with Crippen LogP contribution >= 0.6 is 11.6 Å². The normalized spacial score (nSPS) is 21.6. The van der Waals surface area contributed by atoms with E-state index in [4.69, 9.17) is 16.3 Å². The van der Waals surface area contributed by atoms with Gasteiger partial charge in [0, 0.05) is 22.6 Å². The van der Waals surface area contributed by atoms with Crippen LogP contribution in [0.3, 0.4) is 0 Å². The van der Waals surface area contributed by atoms with Crippen LogP contribution in [0.15, 0.2) is 42.5 Å². The van der Waals surface area contributed by atoms with Gasteiger partial charge in [-0.15, -0.1) is 0 Å². The minimum absolute atomic E-state index is 0.314. The van der Waals surface area contributed by atoms with E-state index in [-0.39, 0.29) is 5.82 Å². The molecule has 0 fully saturated rings. The Morgan fingerprint density at radius 1 is 1.16 bits per heavy atom. The fraction of sp³-hybridized carbons (Fsp3) is 0.200. The van der Waals surface area contributed by atoms with E-state index in [1.54, 1.807) is 36.4 Å². The number of aliphatic hydroxyl groups is 1. The van der Waals surface area contributed by atoms with Crippen molar-refractivity contribution in [1.82, 2.24) is 0 Å². The molecule has 0 amide bonds. The van der Waals surface area contributed by atoms with E-state index in [9.17, 15) is 9.50 Å². The van der Waals surface area contributed by atoms with E-state index in [2.05, 4.69) is 0 Å². The molecular weight excluding hydrogens is 267 g/mol. The molecule has 4 heteroatoms. The molecule has 1 aliphatic heterocycles. The van der Waals surface area contributed by atoms with Crippen molar-refractivity contribution in [1.29, 1.82) is 0 Å². The zero-order valence-corrected chi connectivity index (χ0v) is 10.8. The highest BCUT2D eigenvalue weighted by Crippen LogP contribution is 2.42. The number of hydrogen-bond donors (Lipinski definition) is 1. The second kappa shape index (κ2) is 4.83. The van der Waals surface area contributed by atoms with Crippen LogP contribution in [0.2, 0.25) is 5.02 Å². The predicted octanol–water partition coefficient (Wildman–Crippen LogP) is 4.04. The third-order valence-corrected chi connectivity index (χ3v) is 3.52. The monoisotopic (exact) mass is 278 g/mol. The van der Waals surface area contributed by atoms with Gasteiger partial charge < -0.3 is 9.84 Å². The van der Waals surface area contributed by atoms with Crippen molar-refractivity contribution in [3.8, 4) is 5.75 Å². The second-order valence-corrected chi connectivity index (χ2v) is 5.00. The first kappa shape index (κ1) is 12.5. The molecule has 98 valence electrons. The molecule has 0 aromatic heterocycles. The van der Waals surface area contributed by atoms with Gasteiger partial charge in [0.15, 0.2) is 0 Å². The van der Waals surface area contributed by atoms with E-state index in [0.29, 0.717) is 28.3 Å². The number of hydrogen-bond acceptors (Lipinski definition) is 2. The van der Waals surface area contributed by atoms with Gasteiger partial charge in [-0.3, -0.25) is 0 Å². The lowest BCUT2D eigenvalue weighted by molar-refractivity contribution is 0.0640. The topological polar surface area (TPSA) is 29.5 Å². The summed E-state index contributed by atoms with van der Waals surface area (Å²) in [6.45, 7) is 0. The van der Waals surface area contributed by atoms with Crippen LogP contribution < -0.4 is 4.74 Å². The molecule has 19 heavy (non-hydrogen) atoms. The lowest BCUT2D eigenvalue weighted by atomic mass is 9.95. The quantitative estimate of drug-likeness (QED) is 0.853. The van der Waals surface area contributed by atoms with Gasteiger partial charge in [-0.1, -0.05) is 29.8 Å². The maximum absolute atomic E-state index is 13.8. The van der Waals surface area contributed by atoms with Crippen LogP contribution in [0.4, 0.5) is 4.39 Å². The van der Waals surface area contributed by atoms with Crippen molar-refractivity contribution in [2.75, 3.05) is 0 Å². The third kappa shape index (κ3) is 2.31. The van der Waals surface area contributed by atoms with Crippen LogP contribution in [-0.2, 0) is 0 Å². The van der Waals surface area contributed by atoms with Gasteiger partial charge in [0.2, 0.25) is 0 Å². The summed E-state index contributed by atoms with van der Waals surface area (Å²) >= 11 is 5.89. The van der Waals surface area contributed by atoms with Gasteiger partial charge in [0.25, 0.3) is 0 Å². The second-order valence-electron chi connectivity index (χ2n) is 4.56. The first-order chi connectivity index (χ1) is 9.15. The highest BCUT2D eigenvalue weighted by Gasteiger charge is 2.29. The molecule has 3 rings (SSSR count). The zero-order chi connectivity index (χ0) is 13.4. The summed E-state index contributed by atoms with van der Waals surface area (Å²) in [5.74, 6) is 0.230. The van der Waals surface area contributed by atoms with Gasteiger partial charge in [-0.2, -0.15) is 0 Å². The van der Waals surface area contributed by atoms with Crippen LogP contribution in [-0.4, -0.2) is 5.11 Å². The predicted molar refractivity (Wildman–Crippen MR) is 70.8 cm³/mol. The number of benzene rings is 2. The van der Waals surface area contributed by atoms with Crippen molar-refractivity contribution in [2.45, 2.75) is 18.6 Å². The van der Waals surface area contributed by atoms with E-state index in [0.717, 1.165) is 0 Å². The van der Waals surface area contributed by atoms with E-state index >= 15 is 0 Å². The molecule has 2 aromatic carbocycles. The molecule has 0 spiro atoms. The maximum atomic E-state index is 13.8. The summed E-state index contributed by atoms with van der Waals surface area (Å²) < 4.78 is 19.5.